The summed E-state index contributed by atoms with van der Waals surface area (Å²) in [6, 6.07) is 0.214. The first-order valence-corrected chi connectivity index (χ1v) is 4.77. The van der Waals surface area contributed by atoms with Crippen LogP contribution in [0.2, 0.25) is 0 Å². The third kappa shape index (κ3) is 3.22. The first-order valence-electron chi connectivity index (χ1n) is 4.77. The lowest BCUT2D eigenvalue weighted by atomic mass is 10.1. The number of hydrogen-bond donors (Lipinski definition) is 2. The summed E-state index contributed by atoms with van der Waals surface area (Å²) < 4.78 is 4.98. The maximum absolute atomic E-state index is 11.2. The monoisotopic (exact) mass is 186 g/mol. The average molecular weight is 186 g/mol. The number of nitrogens with one attached hydrogen (secondary N) is 2. The van der Waals surface area contributed by atoms with Gasteiger partial charge in [0.05, 0.1) is 6.10 Å². The van der Waals surface area contributed by atoms with Crippen molar-refractivity contribution in [1.29, 1.82) is 0 Å². The smallest absolute Gasteiger partial charge is 0.407 e. The zero-order chi connectivity index (χ0) is 9.84. The molecule has 1 fully saturated rings. The van der Waals surface area contributed by atoms with Crippen LogP contribution in [0.1, 0.15) is 20.8 Å². The third-order valence-corrected chi connectivity index (χ3v) is 2.16. The molecule has 0 aromatic rings. The molecule has 1 rings (SSSR count). The predicted octanol–water partition coefficient (Wildman–Crippen LogP) is 0.729. The Balaban J connectivity index is 2.27. The summed E-state index contributed by atoms with van der Waals surface area (Å²) in [5.74, 6) is 0.486. The van der Waals surface area contributed by atoms with E-state index in [4.69, 9.17) is 4.74 Å². The number of rotatable bonds is 2. The third-order valence-electron chi connectivity index (χ3n) is 2.16. The van der Waals surface area contributed by atoms with Crippen LogP contribution in [0.5, 0.6) is 0 Å². The number of alkyl carbamates (subject to hydrolysis) is 1. The quantitative estimate of drug-likeness (QED) is 0.668. The minimum atomic E-state index is -0.310. The fraction of sp³-hybridized carbons (Fsp3) is 0.889. The molecular weight excluding hydrogens is 168 g/mol. The van der Waals surface area contributed by atoms with Crippen molar-refractivity contribution in [3.63, 3.8) is 0 Å². The van der Waals surface area contributed by atoms with Gasteiger partial charge in [0.15, 0.2) is 0 Å². The van der Waals surface area contributed by atoms with Gasteiger partial charge in [0, 0.05) is 12.6 Å². The molecule has 2 unspecified atom stereocenters. The molecule has 0 spiro atoms. The van der Waals surface area contributed by atoms with Gasteiger partial charge in [-0.25, -0.2) is 4.79 Å². The van der Waals surface area contributed by atoms with E-state index >= 15 is 0 Å². The van der Waals surface area contributed by atoms with Crippen LogP contribution in [0.3, 0.4) is 0 Å². The highest BCUT2D eigenvalue weighted by Gasteiger charge is 2.24. The van der Waals surface area contributed by atoms with Crippen LogP contribution >= 0.6 is 0 Å². The zero-order valence-corrected chi connectivity index (χ0v) is 8.46. The second-order valence-electron chi connectivity index (χ2n) is 3.84. The van der Waals surface area contributed by atoms with Crippen molar-refractivity contribution in [3.05, 3.63) is 0 Å². The van der Waals surface area contributed by atoms with Gasteiger partial charge >= 0.3 is 6.09 Å². The highest BCUT2D eigenvalue weighted by atomic mass is 16.6. The molecule has 2 N–H and O–H groups in total. The van der Waals surface area contributed by atoms with Gasteiger partial charge < -0.3 is 15.4 Å². The summed E-state index contributed by atoms with van der Waals surface area (Å²) in [4.78, 5) is 11.2. The summed E-state index contributed by atoms with van der Waals surface area (Å²) in [7, 11) is 0. The first kappa shape index (κ1) is 10.3. The lowest BCUT2D eigenvalue weighted by Gasteiger charge is -2.17. The van der Waals surface area contributed by atoms with Gasteiger partial charge in [-0.15, -0.1) is 0 Å². The zero-order valence-electron chi connectivity index (χ0n) is 8.46. The lowest BCUT2D eigenvalue weighted by Crippen LogP contribution is -2.40. The second kappa shape index (κ2) is 4.46. The molecule has 2 atom stereocenters. The number of ether oxygens (including phenoxy) is 1. The van der Waals surface area contributed by atoms with E-state index in [0.29, 0.717) is 5.92 Å². The van der Waals surface area contributed by atoms with Crippen LogP contribution in [0, 0.1) is 5.92 Å². The Morgan fingerprint density at radius 2 is 2.23 bits per heavy atom. The van der Waals surface area contributed by atoms with Crippen molar-refractivity contribution in [3.8, 4) is 0 Å². The van der Waals surface area contributed by atoms with Gasteiger partial charge in [-0.1, -0.05) is 6.92 Å². The molecule has 1 amide bonds. The largest absolute Gasteiger partial charge is 0.447 e. The molecule has 76 valence electrons. The van der Waals surface area contributed by atoms with Gasteiger partial charge in [0.2, 0.25) is 0 Å². The van der Waals surface area contributed by atoms with E-state index in [0.717, 1.165) is 13.1 Å². The molecule has 4 heteroatoms. The summed E-state index contributed by atoms with van der Waals surface area (Å²) in [6.07, 6.45) is -0.361. The van der Waals surface area contributed by atoms with E-state index in [9.17, 15) is 4.79 Å². The number of carbonyl (C=O) groups is 1. The highest BCUT2D eigenvalue weighted by molar-refractivity contribution is 5.67. The number of amides is 1. The Morgan fingerprint density at radius 3 is 2.69 bits per heavy atom. The number of hydrogen-bond acceptors (Lipinski definition) is 3. The van der Waals surface area contributed by atoms with Gasteiger partial charge in [0.1, 0.15) is 0 Å². The topological polar surface area (TPSA) is 50.4 Å². The van der Waals surface area contributed by atoms with Crippen molar-refractivity contribution in [2.75, 3.05) is 13.1 Å². The molecule has 0 aromatic carbocycles. The van der Waals surface area contributed by atoms with Gasteiger partial charge in [-0.05, 0) is 26.3 Å². The van der Waals surface area contributed by atoms with E-state index in [1.807, 2.05) is 13.8 Å². The minimum absolute atomic E-state index is 0.0512. The van der Waals surface area contributed by atoms with Crippen LogP contribution in [0.4, 0.5) is 4.79 Å². The van der Waals surface area contributed by atoms with Crippen molar-refractivity contribution in [1.82, 2.24) is 10.6 Å². The first-order chi connectivity index (χ1) is 6.09. The van der Waals surface area contributed by atoms with Crippen LogP contribution in [-0.2, 0) is 4.74 Å². The maximum atomic E-state index is 11.2. The molecule has 0 bridgehead atoms. The second-order valence-corrected chi connectivity index (χ2v) is 3.84. The van der Waals surface area contributed by atoms with Gasteiger partial charge in [-0.2, -0.15) is 0 Å². The molecule has 1 saturated heterocycles. The van der Waals surface area contributed by atoms with Crippen molar-refractivity contribution >= 4 is 6.09 Å². The van der Waals surface area contributed by atoms with E-state index in [1.165, 1.54) is 0 Å². The minimum Gasteiger partial charge on any atom is -0.447 e. The summed E-state index contributed by atoms with van der Waals surface area (Å²) in [5, 5.41) is 6.05. The molecule has 1 aliphatic rings. The van der Waals surface area contributed by atoms with Crippen molar-refractivity contribution < 1.29 is 9.53 Å². The Labute approximate surface area is 79.0 Å². The van der Waals surface area contributed by atoms with Gasteiger partial charge in [-0.3, -0.25) is 0 Å². The molecule has 4 nitrogen and oxygen atoms in total. The highest BCUT2D eigenvalue weighted by Crippen LogP contribution is 2.07. The van der Waals surface area contributed by atoms with Crippen LogP contribution in [0.15, 0.2) is 0 Å². The average Bonchev–Trinajstić information content (AvgIpc) is 2.34. The number of carbonyl (C=O) groups excluding carboxylic acids is 1. The Kier molecular flexibility index (Phi) is 3.54. The summed E-state index contributed by atoms with van der Waals surface area (Å²) in [6.45, 7) is 7.60. The Bertz CT molecular complexity index is 182. The fourth-order valence-corrected chi connectivity index (χ4v) is 1.40. The maximum Gasteiger partial charge on any atom is 0.407 e. The molecule has 1 heterocycles. The SMILES string of the molecule is CC(C)OC(=O)NC1CNCC1C. The van der Waals surface area contributed by atoms with Crippen LogP contribution in [-0.4, -0.2) is 31.3 Å². The normalized spacial score (nSPS) is 27.7. The fourth-order valence-electron chi connectivity index (χ4n) is 1.40. The molecular formula is C9H18N2O2. The summed E-state index contributed by atoms with van der Waals surface area (Å²) >= 11 is 0. The molecule has 0 saturated carbocycles. The van der Waals surface area contributed by atoms with Crippen molar-refractivity contribution in [2.24, 2.45) is 5.92 Å². The Morgan fingerprint density at radius 1 is 1.54 bits per heavy atom. The van der Waals surface area contributed by atoms with Crippen LogP contribution in [0.25, 0.3) is 0 Å². The Hall–Kier alpha value is -0.770. The van der Waals surface area contributed by atoms with Crippen LogP contribution < -0.4 is 10.6 Å². The molecule has 0 aliphatic carbocycles. The van der Waals surface area contributed by atoms with E-state index in [1.54, 1.807) is 0 Å². The molecule has 13 heavy (non-hydrogen) atoms. The summed E-state index contributed by atoms with van der Waals surface area (Å²) in [5.41, 5.74) is 0. The van der Waals surface area contributed by atoms with E-state index < -0.39 is 0 Å². The predicted molar refractivity (Wildman–Crippen MR) is 50.6 cm³/mol. The molecule has 1 aliphatic heterocycles. The lowest BCUT2D eigenvalue weighted by molar-refractivity contribution is 0.111. The van der Waals surface area contributed by atoms with Crippen molar-refractivity contribution in [2.45, 2.75) is 32.9 Å². The molecule has 0 aromatic heterocycles. The van der Waals surface area contributed by atoms with E-state index in [2.05, 4.69) is 17.6 Å². The standard InChI is InChI=1S/C9H18N2O2/c1-6(2)13-9(12)11-8-5-10-4-7(8)3/h6-8,10H,4-5H2,1-3H3,(H,11,12). The van der Waals surface area contributed by atoms with Gasteiger partial charge in [0.25, 0.3) is 0 Å². The van der Waals surface area contributed by atoms with E-state index in [-0.39, 0.29) is 18.2 Å². The molecule has 0 radical (unpaired) electrons.